The Morgan fingerprint density at radius 2 is 1.97 bits per heavy atom. The number of halogens is 1. The molecule has 1 aliphatic carbocycles. The van der Waals surface area contributed by atoms with Gasteiger partial charge in [0.2, 0.25) is 0 Å². The average molecular weight is 456 g/mol. The van der Waals surface area contributed by atoms with Crippen LogP contribution in [0.3, 0.4) is 0 Å². The van der Waals surface area contributed by atoms with E-state index < -0.39 is 6.17 Å². The SMILES string of the molecule is FC1CC(CNCc2cc3ccc(Cn4cc(-c5cncc(-n6cccc6)c5)nn4)cc3[nH]2)C1. The normalized spacial score (nSPS) is 17.8. The van der Waals surface area contributed by atoms with Gasteiger partial charge < -0.3 is 14.9 Å². The molecular weight excluding hydrogens is 429 g/mol. The second-order valence-corrected chi connectivity index (χ2v) is 9.11. The van der Waals surface area contributed by atoms with Crippen LogP contribution in [0.2, 0.25) is 0 Å². The lowest BCUT2D eigenvalue weighted by Gasteiger charge is -2.29. The number of hydrogen-bond acceptors (Lipinski definition) is 4. The van der Waals surface area contributed by atoms with E-state index in [4.69, 9.17) is 0 Å². The number of pyridine rings is 1. The summed E-state index contributed by atoms with van der Waals surface area (Å²) in [6.07, 6.45) is 10.4. The predicted octanol–water partition coefficient (Wildman–Crippen LogP) is 4.50. The van der Waals surface area contributed by atoms with Gasteiger partial charge in [0.25, 0.3) is 0 Å². The number of nitrogens with zero attached hydrogens (tertiary/aromatic N) is 5. The fourth-order valence-corrected chi connectivity index (χ4v) is 4.57. The molecule has 1 aliphatic rings. The van der Waals surface area contributed by atoms with E-state index in [9.17, 15) is 4.39 Å². The third kappa shape index (κ3) is 4.36. The van der Waals surface area contributed by atoms with E-state index in [-0.39, 0.29) is 0 Å². The van der Waals surface area contributed by atoms with E-state index in [2.05, 4.69) is 55.9 Å². The van der Waals surface area contributed by atoms with Crippen LogP contribution < -0.4 is 5.32 Å². The highest BCUT2D eigenvalue weighted by Gasteiger charge is 2.28. The number of alkyl halides is 1. The summed E-state index contributed by atoms with van der Waals surface area (Å²) in [4.78, 5) is 7.86. The molecule has 6 rings (SSSR count). The van der Waals surface area contributed by atoms with Crippen LogP contribution in [0.15, 0.2) is 73.4 Å². The number of H-pyrrole nitrogens is 1. The molecule has 8 heteroatoms. The number of nitrogens with one attached hydrogen (secondary N) is 2. The summed E-state index contributed by atoms with van der Waals surface area (Å²) in [7, 11) is 0. The number of hydrogen-bond donors (Lipinski definition) is 2. The Labute approximate surface area is 196 Å². The predicted molar refractivity (Wildman–Crippen MR) is 129 cm³/mol. The lowest BCUT2D eigenvalue weighted by atomic mass is 9.83. The molecule has 0 aliphatic heterocycles. The Morgan fingerprint density at radius 3 is 2.82 bits per heavy atom. The van der Waals surface area contributed by atoms with Crippen molar-refractivity contribution < 1.29 is 4.39 Å². The second kappa shape index (κ2) is 8.87. The number of rotatable bonds is 8. The highest BCUT2D eigenvalue weighted by molar-refractivity contribution is 5.81. The first-order valence-electron chi connectivity index (χ1n) is 11.6. The Morgan fingerprint density at radius 1 is 1.09 bits per heavy atom. The molecular formula is C26H26FN7. The molecule has 2 N–H and O–H groups in total. The van der Waals surface area contributed by atoms with Crippen LogP contribution in [0.1, 0.15) is 24.1 Å². The van der Waals surface area contributed by atoms with Crippen molar-refractivity contribution in [2.45, 2.75) is 32.1 Å². The Hall–Kier alpha value is -3.78. The van der Waals surface area contributed by atoms with Crippen LogP contribution in [-0.2, 0) is 13.1 Å². The van der Waals surface area contributed by atoms with Crippen molar-refractivity contribution in [2.24, 2.45) is 5.92 Å². The summed E-state index contributed by atoms with van der Waals surface area (Å²) in [5.41, 5.74) is 6.10. The van der Waals surface area contributed by atoms with Crippen LogP contribution in [-0.4, -0.2) is 42.2 Å². The lowest BCUT2D eigenvalue weighted by Crippen LogP contribution is -2.33. The lowest BCUT2D eigenvalue weighted by molar-refractivity contribution is 0.129. The first kappa shape index (κ1) is 20.8. The number of fused-ring (bicyclic) bond motifs is 1. The third-order valence-electron chi connectivity index (χ3n) is 6.47. The van der Waals surface area contributed by atoms with Gasteiger partial charge in [0.15, 0.2) is 0 Å². The van der Waals surface area contributed by atoms with Crippen molar-refractivity contribution >= 4 is 10.9 Å². The van der Waals surface area contributed by atoms with Crippen molar-refractivity contribution in [2.75, 3.05) is 6.54 Å². The van der Waals surface area contributed by atoms with Crippen molar-refractivity contribution in [1.29, 1.82) is 0 Å². The minimum absolute atomic E-state index is 0.478. The molecule has 0 radical (unpaired) electrons. The van der Waals surface area contributed by atoms with Gasteiger partial charge in [-0.15, -0.1) is 5.10 Å². The molecule has 1 fully saturated rings. The smallest absolute Gasteiger partial charge is 0.114 e. The largest absolute Gasteiger partial charge is 0.357 e. The zero-order valence-corrected chi connectivity index (χ0v) is 18.7. The molecule has 0 saturated heterocycles. The van der Waals surface area contributed by atoms with Gasteiger partial charge >= 0.3 is 0 Å². The summed E-state index contributed by atoms with van der Waals surface area (Å²) < 4.78 is 16.8. The minimum atomic E-state index is -0.592. The minimum Gasteiger partial charge on any atom is -0.357 e. The fourth-order valence-electron chi connectivity index (χ4n) is 4.57. The summed E-state index contributed by atoms with van der Waals surface area (Å²) in [5.74, 6) is 0.478. The molecule has 34 heavy (non-hydrogen) atoms. The molecule has 5 aromatic rings. The molecule has 4 aromatic heterocycles. The number of benzene rings is 1. The van der Waals surface area contributed by atoms with Gasteiger partial charge in [0.1, 0.15) is 11.9 Å². The molecule has 0 bridgehead atoms. The van der Waals surface area contributed by atoms with Gasteiger partial charge in [-0.2, -0.15) is 0 Å². The van der Waals surface area contributed by atoms with Crippen LogP contribution in [0.25, 0.3) is 27.8 Å². The van der Waals surface area contributed by atoms with E-state index in [0.29, 0.717) is 25.3 Å². The van der Waals surface area contributed by atoms with Crippen LogP contribution in [0.4, 0.5) is 4.39 Å². The van der Waals surface area contributed by atoms with Gasteiger partial charge in [-0.25, -0.2) is 9.07 Å². The molecule has 1 aromatic carbocycles. The quantitative estimate of drug-likeness (QED) is 0.361. The standard InChI is InChI=1S/C26H26FN7/c27-22-7-19(8-22)12-28-14-23-10-20-4-3-18(9-25(20)30-23)16-34-17-26(31-32-34)21-11-24(15-29-13-21)33-5-1-2-6-33/h1-6,9-11,13,15,17,19,22,28,30H,7-8,12,14,16H2. The first-order chi connectivity index (χ1) is 16.7. The number of aromatic amines is 1. The van der Waals surface area contributed by atoms with E-state index in [1.807, 2.05) is 52.4 Å². The first-order valence-corrected chi connectivity index (χ1v) is 11.6. The van der Waals surface area contributed by atoms with E-state index in [0.717, 1.165) is 46.8 Å². The monoisotopic (exact) mass is 455 g/mol. The Bertz CT molecular complexity index is 1400. The van der Waals surface area contributed by atoms with Gasteiger partial charge in [-0.05, 0) is 66.6 Å². The van der Waals surface area contributed by atoms with Crippen molar-refractivity contribution in [3.8, 4) is 16.9 Å². The van der Waals surface area contributed by atoms with Crippen LogP contribution in [0.5, 0.6) is 0 Å². The molecule has 0 amide bonds. The van der Waals surface area contributed by atoms with Crippen molar-refractivity contribution in [3.63, 3.8) is 0 Å². The third-order valence-corrected chi connectivity index (χ3v) is 6.47. The van der Waals surface area contributed by atoms with Gasteiger partial charge in [-0.1, -0.05) is 17.3 Å². The van der Waals surface area contributed by atoms with Crippen LogP contribution >= 0.6 is 0 Å². The van der Waals surface area contributed by atoms with Crippen LogP contribution in [0, 0.1) is 5.92 Å². The summed E-state index contributed by atoms with van der Waals surface area (Å²) in [6, 6.07) is 14.6. The Kier molecular flexibility index (Phi) is 5.43. The van der Waals surface area contributed by atoms with Gasteiger partial charge in [-0.3, -0.25) is 4.98 Å². The zero-order valence-electron chi connectivity index (χ0n) is 18.7. The molecule has 0 atom stereocenters. The highest BCUT2D eigenvalue weighted by atomic mass is 19.1. The summed E-state index contributed by atoms with van der Waals surface area (Å²) >= 11 is 0. The Balaban J connectivity index is 1.12. The molecule has 0 spiro atoms. The van der Waals surface area contributed by atoms with E-state index in [1.54, 1.807) is 0 Å². The zero-order chi connectivity index (χ0) is 22.9. The maximum atomic E-state index is 13.0. The molecule has 7 nitrogen and oxygen atoms in total. The maximum Gasteiger partial charge on any atom is 0.114 e. The highest BCUT2D eigenvalue weighted by Crippen LogP contribution is 2.29. The molecule has 0 unspecified atom stereocenters. The average Bonchev–Trinajstić information content (AvgIpc) is 3.59. The topological polar surface area (TPSA) is 76.3 Å². The molecule has 172 valence electrons. The van der Waals surface area contributed by atoms with E-state index >= 15 is 0 Å². The molecule has 4 heterocycles. The molecule has 1 saturated carbocycles. The second-order valence-electron chi connectivity index (χ2n) is 9.11. The summed E-state index contributed by atoms with van der Waals surface area (Å²) in [6.45, 7) is 2.27. The maximum absolute atomic E-state index is 13.0. The van der Waals surface area contributed by atoms with Gasteiger partial charge in [0.05, 0.1) is 24.6 Å². The van der Waals surface area contributed by atoms with Gasteiger partial charge in [0, 0.05) is 41.9 Å². The van der Waals surface area contributed by atoms with Crippen molar-refractivity contribution in [1.82, 2.24) is 34.8 Å². The van der Waals surface area contributed by atoms with Crippen molar-refractivity contribution in [3.05, 3.63) is 84.7 Å². The number of aromatic nitrogens is 6. The summed E-state index contributed by atoms with van der Waals surface area (Å²) in [5, 5.41) is 13.3. The fraction of sp³-hybridized carbons (Fsp3) is 0.269. The van der Waals surface area contributed by atoms with E-state index in [1.165, 1.54) is 5.39 Å².